The molecule has 1 aliphatic rings. The van der Waals surface area contributed by atoms with E-state index in [9.17, 15) is 4.79 Å². The normalized spacial score (nSPS) is 15.3. The van der Waals surface area contributed by atoms with Crippen molar-refractivity contribution in [2.24, 2.45) is 0 Å². The number of benzene rings is 2. The summed E-state index contributed by atoms with van der Waals surface area (Å²) in [6.45, 7) is 5.22. The molecule has 1 aliphatic heterocycles. The van der Waals surface area contributed by atoms with Gasteiger partial charge in [-0.05, 0) is 44.4 Å². The number of amides is 1. The fourth-order valence-corrected chi connectivity index (χ4v) is 3.04. The SMILES string of the molecule is C[C@H](Nc1ccc2c(c1)OCCCO2)C(=O)N[C@@H](C)CCc1ccccc1. The third-order valence-corrected chi connectivity index (χ3v) is 4.62. The molecule has 0 unspecified atom stereocenters. The lowest BCUT2D eigenvalue weighted by atomic mass is 10.1. The molecule has 27 heavy (non-hydrogen) atoms. The Kier molecular flexibility index (Phi) is 6.58. The second-order valence-electron chi connectivity index (χ2n) is 7.01. The van der Waals surface area contributed by atoms with Crippen LogP contribution in [0.25, 0.3) is 0 Å². The molecule has 1 heterocycles. The van der Waals surface area contributed by atoms with E-state index in [0.717, 1.165) is 36.4 Å². The van der Waals surface area contributed by atoms with Gasteiger partial charge in [-0.1, -0.05) is 30.3 Å². The molecule has 2 N–H and O–H groups in total. The molecule has 0 fully saturated rings. The van der Waals surface area contributed by atoms with E-state index < -0.39 is 0 Å². The first kappa shape index (κ1) is 19.1. The third kappa shape index (κ3) is 5.64. The van der Waals surface area contributed by atoms with Gasteiger partial charge in [0.25, 0.3) is 0 Å². The standard InChI is InChI=1S/C22H28N2O3/c1-16(9-10-18-7-4-3-5-8-18)23-22(25)17(2)24-19-11-12-20-21(15-19)27-14-6-13-26-20/h3-5,7-8,11-12,15-17,24H,6,9-10,13-14H2,1-2H3,(H,23,25)/t16-,17-/m0/s1. The molecule has 5 heteroatoms. The molecule has 0 aromatic heterocycles. The van der Waals surface area contributed by atoms with Crippen molar-refractivity contribution in [1.29, 1.82) is 0 Å². The Labute approximate surface area is 161 Å². The van der Waals surface area contributed by atoms with E-state index in [2.05, 4.69) is 22.8 Å². The van der Waals surface area contributed by atoms with Crippen molar-refractivity contribution in [2.75, 3.05) is 18.5 Å². The highest BCUT2D eigenvalue weighted by Crippen LogP contribution is 2.32. The van der Waals surface area contributed by atoms with Crippen molar-refractivity contribution in [1.82, 2.24) is 5.32 Å². The summed E-state index contributed by atoms with van der Waals surface area (Å²) in [5.41, 5.74) is 2.14. The highest BCUT2D eigenvalue weighted by Gasteiger charge is 2.17. The number of aryl methyl sites for hydroxylation is 1. The fourth-order valence-electron chi connectivity index (χ4n) is 3.04. The van der Waals surface area contributed by atoms with Crippen molar-refractivity contribution in [3.8, 4) is 11.5 Å². The van der Waals surface area contributed by atoms with Crippen LogP contribution in [0.4, 0.5) is 5.69 Å². The van der Waals surface area contributed by atoms with Crippen LogP contribution in [0.2, 0.25) is 0 Å². The van der Waals surface area contributed by atoms with Crippen LogP contribution in [0.5, 0.6) is 11.5 Å². The molecule has 5 nitrogen and oxygen atoms in total. The van der Waals surface area contributed by atoms with E-state index in [-0.39, 0.29) is 18.0 Å². The number of hydrogen-bond acceptors (Lipinski definition) is 4. The smallest absolute Gasteiger partial charge is 0.242 e. The summed E-state index contributed by atoms with van der Waals surface area (Å²) in [6.07, 6.45) is 2.73. The number of hydrogen-bond donors (Lipinski definition) is 2. The first-order chi connectivity index (χ1) is 13.1. The van der Waals surface area contributed by atoms with E-state index >= 15 is 0 Å². The molecule has 2 atom stereocenters. The quantitative estimate of drug-likeness (QED) is 0.781. The Morgan fingerprint density at radius 1 is 1.04 bits per heavy atom. The van der Waals surface area contributed by atoms with Gasteiger partial charge in [-0.25, -0.2) is 0 Å². The lowest BCUT2D eigenvalue weighted by Crippen LogP contribution is -2.42. The van der Waals surface area contributed by atoms with Gasteiger partial charge in [0, 0.05) is 24.2 Å². The van der Waals surface area contributed by atoms with Gasteiger partial charge >= 0.3 is 0 Å². The van der Waals surface area contributed by atoms with Crippen LogP contribution in [0.3, 0.4) is 0 Å². The molecular formula is C22H28N2O3. The Hall–Kier alpha value is -2.69. The Balaban J connectivity index is 1.49. The molecule has 144 valence electrons. The fraction of sp³-hybridized carbons (Fsp3) is 0.409. The largest absolute Gasteiger partial charge is 0.490 e. The van der Waals surface area contributed by atoms with Gasteiger partial charge in [-0.2, -0.15) is 0 Å². The van der Waals surface area contributed by atoms with Gasteiger partial charge in [0.1, 0.15) is 6.04 Å². The molecule has 3 rings (SSSR count). The maximum atomic E-state index is 12.5. The van der Waals surface area contributed by atoms with E-state index in [1.165, 1.54) is 5.56 Å². The summed E-state index contributed by atoms with van der Waals surface area (Å²) in [5, 5.41) is 6.33. The average Bonchev–Trinajstić information content (AvgIpc) is 2.92. The number of fused-ring (bicyclic) bond motifs is 1. The highest BCUT2D eigenvalue weighted by atomic mass is 16.5. The van der Waals surface area contributed by atoms with Gasteiger partial charge in [0.2, 0.25) is 5.91 Å². The topological polar surface area (TPSA) is 59.6 Å². The average molecular weight is 368 g/mol. The molecule has 0 saturated heterocycles. The first-order valence-electron chi connectivity index (χ1n) is 9.62. The minimum absolute atomic E-state index is 0.0114. The first-order valence-corrected chi connectivity index (χ1v) is 9.62. The lowest BCUT2D eigenvalue weighted by molar-refractivity contribution is -0.122. The lowest BCUT2D eigenvalue weighted by Gasteiger charge is -2.20. The molecule has 0 spiro atoms. The summed E-state index contributed by atoms with van der Waals surface area (Å²) in [4.78, 5) is 12.5. The predicted molar refractivity (Wildman–Crippen MR) is 108 cm³/mol. The van der Waals surface area contributed by atoms with E-state index in [0.29, 0.717) is 13.2 Å². The number of anilines is 1. The van der Waals surface area contributed by atoms with Crippen molar-refractivity contribution in [3.05, 3.63) is 54.1 Å². The van der Waals surface area contributed by atoms with Gasteiger partial charge < -0.3 is 20.1 Å². The Bertz CT molecular complexity index is 748. The number of carbonyl (C=O) groups excluding carboxylic acids is 1. The molecular weight excluding hydrogens is 340 g/mol. The minimum atomic E-state index is -0.339. The van der Waals surface area contributed by atoms with Crippen LogP contribution in [0.15, 0.2) is 48.5 Å². The summed E-state index contributed by atoms with van der Waals surface area (Å²) in [5.74, 6) is 1.47. The van der Waals surface area contributed by atoms with Crippen molar-refractivity contribution in [2.45, 2.75) is 45.2 Å². The predicted octanol–water partition coefficient (Wildman–Crippen LogP) is 3.79. The van der Waals surface area contributed by atoms with Crippen molar-refractivity contribution >= 4 is 11.6 Å². The van der Waals surface area contributed by atoms with Gasteiger partial charge in [0.15, 0.2) is 11.5 Å². The second-order valence-corrected chi connectivity index (χ2v) is 7.01. The van der Waals surface area contributed by atoms with E-state index in [4.69, 9.17) is 9.47 Å². The van der Waals surface area contributed by atoms with Crippen LogP contribution in [-0.2, 0) is 11.2 Å². The van der Waals surface area contributed by atoms with Crippen LogP contribution < -0.4 is 20.1 Å². The zero-order valence-corrected chi connectivity index (χ0v) is 16.0. The summed E-state index contributed by atoms with van der Waals surface area (Å²) in [7, 11) is 0. The highest BCUT2D eigenvalue weighted by molar-refractivity contribution is 5.84. The maximum Gasteiger partial charge on any atom is 0.242 e. The molecule has 2 aromatic rings. The van der Waals surface area contributed by atoms with Crippen molar-refractivity contribution < 1.29 is 14.3 Å². The Morgan fingerprint density at radius 3 is 2.56 bits per heavy atom. The minimum Gasteiger partial charge on any atom is -0.490 e. The summed E-state index contributed by atoms with van der Waals surface area (Å²) >= 11 is 0. The van der Waals surface area contributed by atoms with Crippen LogP contribution in [-0.4, -0.2) is 31.2 Å². The monoisotopic (exact) mass is 368 g/mol. The van der Waals surface area contributed by atoms with E-state index in [1.54, 1.807) is 0 Å². The van der Waals surface area contributed by atoms with Crippen LogP contribution in [0.1, 0.15) is 32.3 Å². The number of ether oxygens (including phenoxy) is 2. The molecule has 2 aromatic carbocycles. The Morgan fingerprint density at radius 2 is 1.78 bits per heavy atom. The van der Waals surface area contributed by atoms with Crippen molar-refractivity contribution in [3.63, 3.8) is 0 Å². The zero-order valence-electron chi connectivity index (χ0n) is 16.0. The molecule has 0 radical (unpaired) electrons. The molecule has 0 bridgehead atoms. The third-order valence-electron chi connectivity index (χ3n) is 4.62. The van der Waals surface area contributed by atoms with Crippen LogP contribution >= 0.6 is 0 Å². The number of nitrogens with one attached hydrogen (secondary N) is 2. The van der Waals surface area contributed by atoms with Gasteiger partial charge in [-0.3, -0.25) is 4.79 Å². The van der Waals surface area contributed by atoms with Gasteiger partial charge in [0.05, 0.1) is 13.2 Å². The second kappa shape index (κ2) is 9.31. The zero-order chi connectivity index (χ0) is 19.1. The summed E-state index contributed by atoms with van der Waals surface area (Å²) in [6, 6.07) is 15.8. The van der Waals surface area contributed by atoms with Gasteiger partial charge in [-0.15, -0.1) is 0 Å². The molecule has 0 aliphatic carbocycles. The number of rotatable bonds is 7. The summed E-state index contributed by atoms with van der Waals surface area (Å²) < 4.78 is 11.3. The molecule has 0 saturated carbocycles. The molecule has 1 amide bonds. The van der Waals surface area contributed by atoms with Crippen LogP contribution in [0, 0.1) is 0 Å². The number of carbonyl (C=O) groups is 1. The van der Waals surface area contributed by atoms with E-state index in [1.807, 2.05) is 50.2 Å². The maximum absolute atomic E-state index is 12.5.